The fraction of sp³-hybridized carbons (Fsp3) is 0.364. The van der Waals surface area contributed by atoms with Crippen molar-refractivity contribution in [2.75, 3.05) is 12.3 Å². The lowest BCUT2D eigenvalue weighted by Gasteiger charge is -2.22. The standard InChI is InChI=1S/C11H12FNOS/c1-8(14)13-5-6-15-11(13)9-3-2-4-10(12)7-9/h2-4,7,11H,5-6H2,1H3. The Hall–Kier alpha value is -1.03. The number of halogens is 1. The van der Waals surface area contributed by atoms with Crippen molar-refractivity contribution in [3.05, 3.63) is 35.6 Å². The minimum atomic E-state index is -0.247. The highest BCUT2D eigenvalue weighted by Crippen LogP contribution is 2.37. The Morgan fingerprint density at radius 2 is 2.40 bits per heavy atom. The maximum Gasteiger partial charge on any atom is 0.220 e. The van der Waals surface area contributed by atoms with Crippen LogP contribution in [-0.4, -0.2) is 23.1 Å². The molecule has 1 aliphatic rings. The van der Waals surface area contributed by atoms with E-state index in [1.54, 1.807) is 29.7 Å². The summed E-state index contributed by atoms with van der Waals surface area (Å²) in [4.78, 5) is 13.1. The highest BCUT2D eigenvalue weighted by atomic mass is 32.2. The third-order valence-electron chi connectivity index (χ3n) is 2.43. The van der Waals surface area contributed by atoms with Crippen LogP contribution in [0, 0.1) is 5.82 Å². The Morgan fingerprint density at radius 3 is 3.07 bits per heavy atom. The number of hydrogen-bond acceptors (Lipinski definition) is 2. The molecule has 0 radical (unpaired) electrons. The van der Waals surface area contributed by atoms with Gasteiger partial charge in [0, 0.05) is 19.2 Å². The molecule has 1 fully saturated rings. The van der Waals surface area contributed by atoms with Crippen molar-refractivity contribution in [1.82, 2.24) is 4.90 Å². The van der Waals surface area contributed by atoms with Crippen LogP contribution in [0.4, 0.5) is 4.39 Å². The Bertz CT molecular complexity index is 383. The zero-order chi connectivity index (χ0) is 10.8. The first-order chi connectivity index (χ1) is 7.18. The number of carbonyl (C=O) groups excluding carboxylic acids is 1. The van der Waals surface area contributed by atoms with E-state index in [1.807, 2.05) is 6.07 Å². The van der Waals surface area contributed by atoms with Gasteiger partial charge in [-0.25, -0.2) is 4.39 Å². The zero-order valence-corrected chi connectivity index (χ0v) is 9.26. The SMILES string of the molecule is CC(=O)N1CCSC1c1cccc(F)c1. The summed E-state index contributed by atoms with van der Waals surface area (Å²) in [6.45, 7) is 2.30. The minimum absolute atomic E-state index is 0.0156. The first-order valence-electron chi connectivity index (χ1n) is 4.83. The maximum atomic E-state index is 13.0. The van der Waals surface area contributed by atoms with Crippen molar-refractivity contribution in [3.63, 3.8) is 0 Å². The van der Waals surface area contributed by atoms with Crippen LogP contribution in [-0.2, 0) is 4.79 Å². The lowest BCUT2D eigenvalue weighted by Crippen LogP contribution is -2.27. The van der Waals surface area contributed by atoms with Gasteiger partial charge < -0.3 is 4.90 Å². The molecule has 80 valence electrons. The van der Waals surface area contributed by atoms with E-state index >= 15 is 0 Å². The zero-order valence-electron chi connectivity index (χ0n) is 8.44. The molecule has 2 rings (SSSR count). The van der Waals surface area contributed by atoms with Crippen LogP contribution in [0.15, 0.2) is 24.3 Å². The van der Waals surface area contributed by atoms with E-state index in [4.69, 9.17) is 0 Å². The average Bonchev–Trinajstić information content (AvgIpc) is 2.65. The lowest BCUT2D eigenvalue weighted by atomic mass is 10.2. The van der Waals surface area contributed by atoms with Crippen molar-refractivity contribution in [2.45, 2.75) is 12.3 Å². The summed E-state index contributed by atoms with van der Waals surface area (Å²) in [5.74, 6) is 0.721. The van der Waals surface area contributed by atoms with Gasteiger partial charge in [0.15, 0.2) is 0 Å². The normalized spacial score (nSPS) is 20.7. The summed E-state index contributed by atoms with van der Waals surface area (Å²) in [6, 6.07) is 6.46. The van der Waals surface area contributed by atoms with Crippen molar-refractivity contribution < 1.29 is 9.18 Å². The molecular formula is C11H12FNOS. The molecule has 0 aromatic heterocycles. The molecule has 1 aliphatic heterocycles. The van der Waals surface area contributed by atoms with Gasteiger partial charge in [-0.1, -0.05) is 12.1 Å². The summed E-state index contributed by atoms with van der Waals surface area (Å²) in [5, 5.41) is -0.0156. The fourth-order valence-electron chi connectivity index (χ4n) is 1.73. The predicted octanol–water partition coefficient (Wildman–Crippen LogP) is 2.42. The van der Waals surface area contributed by atoms with Gasteiger partial charge in [-0.2, -0.15) is 0 Å². The molecule has 1 unspecified atom stereocenters. The monoisotopic (exact) mass is 225 g/mol. The number of benzene rings is 1. The van der Waals surface area contributed by atoms with Crippen molar-refractivity contribution in [3.8, 4) is 0 Å². The van der Waals surface area contributed by atoms with Gasteiger partial charge in [-0.3, -0.25) is 4.79 Å². The second-order valence-corrected chi connectivity index (χ2v) is 4.68. The number of hydrogen-bond donors (Lipinski definition) is 0. The molecule has 4 heteroatoms. The van der Waals surface area contributed by atoms with Crippen molar-refractivity contribution in [1.29, 1.82) is 0 Å². The molecule has 1 aromatic rings. The molecule has 1 amide bonds. The number of nitrogens with zero attached hydrogens (tertiary/aromatic N) is 1. The van der Waals surface area contributed by atoms with Gasteiger partial charge in [-0.05, 0) is 17.7 Å². The summed E-state index contributed by atoms with van der Waals surface area (Å²) in [5.41, 5.74) is 0.868. The van der Waals surface area contributed by atoms with Crippen molar-refractivity contribution >= 4 is 17.7 Å². The minimum Gasteiger partial charge on any atom is -0.326 e. The van der Waals surface area contributed by atoms with Crippen LogP contribution in [0.3, 0.4) is 0 Å². The van der Waals surface area contributed by atoms with E-state index in [1.165, 1.54) is 12.1 Å². The van der Waals surface area contributed by atoms with Crippen molar-refractivity contribution in [2.24, 2.45) is 0 Å². The molecule has 0 spiro atoms. The van der Waals surface area contributed by atoms with Crippen LogP contribution in [0.2, 0.25) is 0 Å². The first-order valence-corrected chi connectivity index (χ1v) is 5.87. The molecular weight excluding hydrogens is 213 g/mol. The highest BCUT2D eigenvalue weighted by Gasteiger charge is 2.28. The predicted molar refractivity (Wildman–Crippen MR) is 59.0 cm³/mol. The van der Waals surface area contributed by atoms with E-state index in [0.29, 0.717) is 0 Å². The van der Waals surface area contributed by atoms with Gasteiger partial charge in [0.05, 0.1) is 0 Å². The van der Waals surface area contributed by atoms with Gasteiger partial charge >= 0.3 is 0 Å². The molecule has 1 heterocycles. The van der Waals surface area contributed by atoms with E-state index < -0.39 is 0 Å². The molecule has 1 atom stereocenters. The van der Waals surface area contributed by atoms with Crippen LogP contribution in [0.25, 0.3) is 0 Å². The third-order valence-corrected chi connectivity index (χ3v) is 3.69. The van der Waals surface area contributed by atoms with E-state index in [-0.39, 0.29) is 17.1 Å². The first kappa shape index (κ1) is 10.5. The fourth-order valence-corrected chi connectivity index (χ4v) is 3.03. The number of amides is 1. The summed E-state index contributed by atoms with van der Waals surface area (Å²) in [6.07, 6.45) is 0. The second kappa shape index (κ2) is 4.23. The van der Waals surface area contributed by atoms with Crippen LogP contribution < -0.4 is 0 Å². The van der Waals surface area contributed by atoms with Crippen LogP contribution >= 0.6 is 11.8 Å². The molecule has 2 nitrogen and oxygen atoms in total. The average molecular weight is 225 g/mol. The Kier molecular flexibility index (Phi) is 2.95. The Labute approximate surface area is 92.5 Å². The van der Waals surface area contributed by atoms with Gasteiger partial charge in [0.1, 0.15) is 11.2 Å². The Morgan fingerprint density at radius 1 is 1.60 bits per heavy atom. The third kappa shape index (κ3) is 2.15. The van der Waals surface area contributed by atoms with Crippen LogP contribution in [0.1, 0.15) is 17.9 Å². The largest absolute Gasteiger partial charge is 0.326 e. The summed E-state index contributed by atoms with van der Waals surface area (Å²) >= 11 is 1.68. The highest BCUT2D eigenvalue weighted by molar-refractivity contribution is 7.99. The molecule has 15 heavy (non-hydrogen) atoms. The van der Waals surface area contributed by atoms with Gasteiger partial charge in [0.2, 0.25) is 5.91 Å². The summed E-state index contributed by atoms with van der Waals surface area (Å²) in [7, 11) is 0. The molecule has 0 N–H and O–H groups in total. The molecule has 0 saturated carbocycles. The lowest BCUT2D eigenvalue weighted by molar-refractivity contribution is -0.128. The van der Waals surface area contributed by atoms with Gasteiger partial charge in [-0.15, -0.1) is 11.8 Å². The molecule has 0 aliphatic carbocycles. The molecule has 1 aromatic carbocycles. The second-order valence-electron chi connectivity index (χ2n) is 3.49. The van der Waals surface area contributed by atoms with Crippen LogP contribution in [0.5, 0.6) is 0 Å². The van der Waals surface area contributed by atoms with E-state index in [0.717, 1.165) is 17.9 Å². The maximum absolute atomic E-state index is 13.0. The number of thioether (sulfide) groups is 1. The van der Waals surface area contributed by atoms with E-state index in [9.17, 15) is 9.18 Å². The Balaban J connectivity index is 2.26. The molecule has 0 bridgehead atoms. The van der Waals surface area contributed by atoms with E-state index in [2.05, 4.69) is 0 Å². The quantitative estimate of drug-likeness (QED) is 0.731. The topological polar surface area (TPSA) is 20.3 Å². The number of rotatable bonds is 1. The smallest absolute Gasteiger partial charge is 0.220 e. The van der Waals surface area contributed by atoms with Gasteiger partial charge in [0.25, 0.3) is 0 Å². The number of carbonyl (C=O) groups is 1. The molecule has 1 saturated heterocycles. The summed E-state index contributed by atoms with van der Waals surface area (Å²) < 4.78 is 13.0.